The number of aromatic nitrogens is 2. The van der Waals surface area contributed by atoms with Crippen LogP contribution < -0.4 is 0 Å². The van der Waals surface area contributed by atoms with E-state index in [2.05, 4.69) is 23.8 Å². The third kappa shape index (κ3) is 3.09. The number of amides is 1. The second-order valence-corrected chi connectivity index (χ2v) is 7.48. The van der Waals surface area contributed by atoms with Crippen molar-refractivity contribution in [3.63, 3.8) is 0 Å². The fraction of sp³-hybridized carbons (Fsp3) is 0.778. The fourth-order valence-electron chi connectivity index (χ4n) is 4.27. The Bertz CT molecular complexity index is 590. The summed E-state index contributed by atoms with van der Waals surface area (Å²) < 4.78 is 7.35. The highest BCUT2D eigenvalue weighted by molar-refractivity contribution is 5.92. The zero-order chi connectivity index (χ0) is 17.4. The maximum absolute atomic E-state index is 12.7. The first-order chi connectivity index (χ1) is 11.4. The van der Waals surface area contributed by atoms with E-state index in [1.54, 1.807) is 4.68 Å². The van der Waals surface area contributed by atoms with Gasteiger partial charge >= 0.3 is 0 Å². The fourth-order valence-corrected chi connectivity index (χ4v) is 4.27. The second-order valence-electron chi connectivity index (χ2n) is 7.48. The van der Waals surface area contributed by atoms with Crippen molar-refractivity contribution in [1.82, 2.24) is 19.6 Å². The third-order valence-corrected chi connectivity index (χ3v) is 5.65. The molecule has 0 radical (unpaired) electrons. The summed E-state index contributed by atoms with van der Waals surface area (Å²) in [5.41, 5.74) is 1.58. The molecule has 2 fully saturated rings. The van der Waals surface area contributed by atoms with Crippen LogP contribution in [0, 0.1) is 12.8 Å². The Hall–Kier alpha value is -1.40. The molecule has 6 heteroatoms. The number of hydrogen-bond acceptors (Lipinski definition) is 4. The number of carbonyl (C=O) groups is 1. The molecular formula is C18H30N4O2. The molecule has 2 aliphatic rings. The highest BCUT2D eigenvalue weighted by atomic mass is 16.5. The molecule has 2 saturated heterocycles. The lowest BCUT2D eigenvalue weighted by molar-refractivity contribution is -0.128. The molecule has 2 unspecified atom stereocenters. The van der Waals surface area contributed by atoms with Crippen molar-refractivity contribution in [3.05, 3.63) is 17.5 Å². The number of piperidine rings is 1. The van der Waals surface area contributed by atoms with Gasteiger partial charge in [-0.25, -0.2) is 0 Å². The molecule has 0 saturated carbocycles. The molecule has 0 bridgehead atoms. The van der Waals surface area contributed by atoms with Crippen LogP contribution in [0.15, 0.2) is 6.07 Å². The van der Waals surface area contributed by atoms with Crippen LogP contribution in [-0.4, -0.2) is 70.4 Å². The van der Waals surface area contributed by atoms with E-state index < -0.39 is 0 Å². The molecule has 2 atom stereocenters. The molecule has 1 aromatic heterocycles. The molecule has 0 spiro atoms. The van der Waals surface area contributed by atoms with Crippen molar-refractivity contribution >= 4 is 5.91 Å². The van der Waals surface area contributed by atoms with Gasteiger partial charge in [0.1, 0.15) is 5.69 Å². The molecular weight excluding hydrogens is 304 g/mol. The van der Waals surface area contributed by atoms with E-state index in [1.165, 1.54) is 0 Å². The molecule has 3 rings (SSSR count). The van der Waals surface area contributed by atoms with Gasteiger partial charge < -0.3 is 9.64 Å². The number of nitrogens with zero attached hydrogens (tertiary/aromatic N) is 4. The summed E-state index contributed by atoms with van der Waals surface area (Å²) >= 11 is 0. The van der Waals surface area contributed by atoms with Gasteiger partial charge in [-0.2, -0.15) is 5.10 Å². The van der Waals surface area contributed by atoms with Crippen LogP contribution in [0.25, 0.3) is 0 Å². The molecule has 0 aromatic carbocycles. The van der Waals surface area contributed by atoms with Crippen LogP contribution in [0.1, 0.15) is 42.9 Å². The van der Waals surface area contributed by atoms with Gasteiger partial charge in [-0.3, -0.25) is 14.4 Å². The number of aryl methyl sites for hydroxylation is 2. The average Bonchev–Trinajstić information content (AvgIpc) is 2.85. The normalized spacial score (nSPS) is 26.0. The smallest absolute Gasteiger partial charge is 0.272 e. The van der Waals surface area contributed by atoms with E-state index in [0.29, 0.717) is 29.8 Å². The topological polar surface area (TPSA) is 50.6 Å². The van der Waals surface area contributed by atoms with Crippen LogP contribution in [0.5, 0.6) is 0 Å². The van der Waals surface area contributed by atoms with Crippen molar-refractivity contribution in [2.75, 3.05) is 26.7 Å². The van der Waals surface area contributed by atoms with Crippen LogP contribution in [-0.2, 0) is 11.8 Å². The summed E-state index contributed by atoms with van der Waals surface area (Å²) in [4.78, 5) is 17.2. The highest BCUT2D eigenvalue weighted by Crippen LogP contribution is 2.35. The Morgan fingerprint density at radius 3 is 2.50 bits per heavy atom. The largest absolute Gasteiger partial charge is 0.378 e. The summed E-state index contributed by atoms with van der Waals surface area (Å²) in [6.07, 6.45) is 2.45. The van der Waals surface area contributed by atoms with Gasteiger partial charge in [-0.15, -0.1) is 0 Å². The zero-order valence-electron chi connectivity index (χ0n) is 15.5. The van der Waals surface area contributed by atoms with Crippen LogP contribution in [0.2, 0.25) is 0 Å². The summed E-state index contributed by atoms with van der Waals surface area (Å²) in [7, 11) is 3.66. The van der Waals surface area contributed by atoms with Gasteiger partial charge in [0, 0.05) is 45.9 Å². The van der Waals surface area contributed by atoms with Crippen molar-refractivity contribution in [3.8, 4) is 0 Å². The lowest BCUT2D eigenvalue weighted by Gasteiger charge is -2.54. The molecule has 0 aliphatic carbocycles. The predicted octanol–water partition coefficient (Wildman–Crippen LogP) is 1.69. The molecule has 3 heterocycles. The quantitative estimate of drug-likeness (QED) is 0.841. The van der Waals surface area contributed by atoms with Crippen molar-refractivity contribution in [2.45, 2.75) is 51.8 Å². The minimum absolute atomic E-state index is 0.106. The zero-order valence-corrected chi connectivity index (χ0v) is 15.5. The van der Waals surface area contributed by atoms with Crippen molar-refractivity contribution in [2.24, 2.45) is 13.0 Å². The Labute approximate surface area is 144 Å². The summed E-state index contributed by atoms with van der Waals surface area (Å²) in [5.74, 6) is 0.720. The number of rotatable bonds is 4. The Morgan fingerprint density at radius 2 is 2.00 bits per heavy atom. The number of likely N-dealkylation sites (tertiary alicyclic amines) is 2. The van der Waals surface area contributed by atoms with E-state index >= 15 is 0 Å². The van der Waals surface area contributed by atoms with Gasteiger partial charge in [0.2, 0.25) is 0 Å². The maximum atomic E-state index is 12.7. The Kier molecular flexibility index (Phi) is 4.97. The van der Waals surface area contributed by atoms with Crippen molar-refractivity contribution in [1.29, 1.82) is 0 Å². The average molecular weight is 334 g/mol. The van der Waals surface area contributed by atoms with E-state index in [-0.39, 0.29) is 5.91 Å². The molecule has 0 N–H and O–H groups in total. The molecule has 1 aromatic rings. The molecule has 6 nitrogen and oxygen atoms in total. The van der Waals surface area contributed by atoms with E-state index in [9.17, 15) is 4.79 Å². The van der Waals surface area contributed by atoms with Gasteiger partial charge in [0.25, 0.3) is 5.91 Å². The van der Waals surface area contributed by atoms with Gasteiger partial charge in [0.05, 0.1) is 11.8 Å². The maximum Gasteiger partial charge on any atom is 0.272 e. The van der Waals surface area contributed by atoms with Gasteiger partial charge in [0.15, 0.2) is 0 Å². The van der Waals surface area contributed by atoms with E-state index in [0.717, 1.165) is 38.2 Å². The third-order valence-electron chi connectivity index (χ3n) is 5.65. The monoisotopic (exact) mass is 334 g/mol. The first-order valence-electron chi connectivity index (χ1n) is 9.00. The Morgan fingerprint density at radius 1 is 1.33 bits per heavy atom. The SMILES string of the molecule is COC1CN(C(C)C)C1C1CCN(C(=O)c2cc(C)nn2C)CC1. The highest BCUT2D eigenvalue weighted by Gasteiger charge is 2.45. The summed E-state index contributed by atoms with van der Waals surface area (Å²) in [6, 6.07) is 2.94. The number of methoxy groups -OCH3 is 1. The lowest BCUT2D eigenvalue weighted by Crippen LogP contribution is -2.66. The molecule has 1 amide bonds. The molecule has 24 heavy (non-hydrogen) atoms. The summed E-state index contributed by atoms with van der Waals surface area (Å²) in [6.45, 7) is 9.11. The standard InChI is InChI=1S/C18H30N4O2/c1-12(2)22-11-16(24-5)17(22)14-6-8-21(9-7-14)18(23)15-10-13(3)19-20(15)4/h10,12,14,16-17H,6-9,11H2,1-5H3. The van der Waals surface area contributed by atoms with Crippen molar-refractivity contribution < 1.29 is 9.53 Å². The first kappa shape index (κ1) is 17.4. The lowest BCUT2D eigenvalue weighted by atomic mass is 9.79. The minimum atomic E-state index is 0.106. The van der Waals surface area contributed by atoms with E-state index in [4.69, 9.17) is 4.74 Å². The molecule has 134 valence electrons. The number of ether oxygens (including phenoxy) is 1. The van der Waals surface area contributed by atoms with Gasteiger partial charge in [-0.05, 0) is 45.6 Å². The minimum Gasteiger partial charge on any atom is -0.378 e. The van der Waals surface area contributed by atoms with E-state index in [1.807, 2.05) is 32.0 Å². The number of carbonyl (C=O) groups excluding carboxylic acids is 1. The second kappa shape index (κ2) is 6.84. The Balaban J connectivity index is 1.61. The van der Waals surface area contributed by atoms with Crippen LogP contribution in [0.4, 0.5) is 0 Å². The predicted molar refractivity (Wildman–Crippen MR) is 93.0 cm³/mol. The first-order valence-corrected chi connectivity index (χ1v) is 9.00. The van der Waals surface area contributed by atoms with Gasteiger partial charge in [-0.1, -0.05) is 0 Å². The number of hydrogen-bond donors (Lipinski definition) is 0. The molecule has 2 aliphatic heterocycles. The van der Waals surface area contributed by atoms with Crippen LogP contribution >= 0.6 is 0 Å². The summed E-state index contributed by atoms with van der Waals surface area (Å²) in [5, 5.41) is 4.29. The van der Waals surface area contributed by atoms with Crippen LogP contribution in [0.3, 0.4) is 0 Å².